The summed E-state index contributed by atoms with van der Waals surface area (Å²) in [4.78, 5) is 63.0. The van der Waals surface area contributed by atoms with Crippen LogP contribution in [-0.4, -0.2) is 98.8 Å². The minimum Gasteiger partial charge on any atom is -0.480 e. The van der Waals surface area contributed by atoms with E-state index in [1.54, 1.807) is 25.7 Å². The highest BCUT2D eigenvalue weighted by molar-refractivity contribution is 7.80. The minimum absolute atomic E-state index is 0.00629. The number of nitrogens with zero attached hydrogens (tertiary/aromatic N) is 2. The number of fused-ring (bicyclic) bond motifs is 1. The van der Waals surface area contributed by atoms with E-state index < -0.39 is 36.1 Å². The van der Waals surface area contributed by atoms with Crippen molar-refractivity contribution in [2.45, 2.75) is 102 Å². The summed E-state index contributed by atoms with van der Waals surface area (Å²) in [6.07, 6.45) is 5.88. The van der Waals surface area contributed by atoms with E-state index in [1.165, 1.54) is 4.90 Å². The number of carbonyl (C=O) groups is 5. The molecule has 44 heavy (non-hydrogen) atoms. The Morgan fingerprint density at radius 2 is 1.66 bits per heavy atom. The van der Waals surface area contributed by atoms with Crippen LogP contribution < -0.4 is 5.32 Å². The Hall–Kier alpha value is -3.12. The van der Waals surface area contributed by atoms with Gasteiger partial charge >= 0.3 is 17.9 Å². The van der Waals surface area contributed by atoms with Crippen LogP contribution in [0.5, 0.6) is 0 Å². The van der Waals surface area contributed by atoms with Crippen LogP contribution in [0.2, 0.25) is 0 Å². The molecule has 1 aromatic carbocycles. The van der Waals surface area contributed by atoms with Gasteiger partial charge in [0.1, 0.15) is 18.1 Å². The molecule has 0 unspecified atom stereocenters. The fraction of sp³-hybridized carbons (Fsp3) is 0.656. The predicted molar refractivity (Wildman–Crippen MR) is 167 cm³/mol. The number of hydrogen-bond donors (Lipinski definition) is 4. The van der Waals surface area contributed by atoms with Gasteiger partial charge in [-0.05, 0) is 70.3 Å². The molecule has 2 saturated heterocycles. The molecule has 4 rings (SSSR count). The van der Waals surface area contributed by atoms with E-state index in [0.717, 1.165) is 31.2 Å². The third-order valence-corrected chi connectivity index (χ3v) is 9.40. The summed E-state index contributed by atoms with van der Waals surface area (Å²) in [6, 6.07) is 7.14. The number of aryl methyl sites for hydroxylation is 1. The van der Waals surface area contributed by atoms with Gasteiger partial charge in [0.25, 0.3) is 0 Å². The normalized spacial score (nSPS) is 24.5. The number of benzene rings is 1. The van der Waals surface area contributed by atoms with Gasteiger partial charge < -0.3 is 24.7 Å². The third-order valence-electron chi connectivity index (χ3n) is 8.85. The quantitative estimate of drug-likeness (QED) is 0.201. The van der Waals surface area contributed by atoms with E-state index in [1.807, 2.05) is 30.3 Å². The molecule has 2 heterocycles. The lowest BCUT2D eigenvalue weighted by Crippen LogP contribution is -2.55. The summed E-state index contributed by atoms with van der Waals surface area (Å²) in [5, 5.41) is 21.6. The number of carbonyl (C=O) groups excluding carboxylic acids is 3. The zero-order valence-corrected chi connectivity index (χ0v) is 26.8. The zero-order valence-electron chi connectivity index (χ0n) is 25.9. The van der Waals surface area contributed by atoms with Crippen molar-refractivity contribution in [1.82, 2.24) is 15.1 Å². The molecular formula is C32H47N3O8S. The molecule has 0 bridgehead atoms. The highest BCUT2D eigenvalue weighted by atomic mass is 32.1. The highest BCUT2D eigenvalue weighted by Gasteiger charge is 2.49. The Bertz CT molecular complexity index is 1150. The lowest BCUT2D eigenvalue weighted by Gasteiger charge is -2.31. The first-order valence-electron chi connectivity index (χ1n) is 15.7. The molecule has 3 N–H and O–H groups in total. The number of nitrogens with one attached hydrogen (secondary N) is 1. The number of amides is 2. The Labute approximate surface area is 265 Å². The van der Waals surface area contributed by atoms with E-state index in [0.29, 0.717) is 38.0 Å². The van der Waals surface area contributed by atoms with Crippen molar-refractivity contribution in [1.29, 1.82) is 0 Å². The van der Waals surface area contributed by atoms with Crippen LogP contribution in [0.3, 0.4) is 0 Å². The van der Waals surface area contributed by atoms with Crippen molar-refractivity contribution in [2.75, 3.05) is 18.9 Å². The molecule has 12 heteroatoms. The van der Waals surface area contributed by atoms with Crippen LogP contribution in [0.4, 0.5) is 0 Å². The lowest BCUT2D eigenvalue weighted by atomic mass is 10.0. The van der Waals surface area contributed by atoms with Gasteiger partial charge in [-0.1, -0.05) is 43.7 Å². The molecule has 0 radical (unpaired) electrons. The van der Waals surface area contributed by atoms with Crippen LogP contribution in [-0.2, 0) is 35.1 Å². The molecule has 11 nitrogen and oxygen atoms in total. The molecule has 3 aliphatic rings. The molecule has 3 fully saturated rings. The molecule has 2 aliphatic heterocycles. The second-order valence-corrected chi connectivity index (χ2v) is 12.3. The monoisotopic (exact) mass is 633 g/mol. The number of likely N-dealkylation sites (tertiary alicyclic amines) is 2. The van der Waals surface area contributed by atoms with E-state index in [-0.39, 0.29) is 42.3 Å². The molecule has 0 spiro atoms. The van der Waals surface area contributed by atoms with Gasteiger partial charge in [0.05, 0.1) is 12.6 Å². The Morgan fingerprint density at radius 1 is 0.977 bits per heavy atom. The van der Waals surface area contributed by atoms with Gasteiger partial charge in [0, 0.05) is 24.3 Å². The standard InChI is InChI=1S/C23H32N2O5.C9H15NO3S/c1-3-30-23(29)18(13-12-16-8-5-4-6-9-16)24-15(2)21(26)25-19-11-7-10-17(19)14-20(25)22(27)28;1-6(5-14)8(11)10-4-2-3-7(10)9(12)13/h4-6,8-9,15,17-20,24H,3,7,10-14H2,1-2H3,(H,27,28);6-7,14H,2-5H2,1H3,(H,12,13)/t15-,17-,18-,19-,20-;6-,7+/m01/s1. The van der Waals surface area contributed by atoms with Crippen molar-refractivity contribution >= 4 is 42.4 Å². The van der Waals surface area contributed by atoms with Crippen LogP contribution >= 0.6 is 12.6 Å². The summed E-state index contributed by atoms with van der Waals surface area (Å²) in [7, 11) is 0. The number of carboxylic acid groups (broad SMARTS) is 2. The molecule has 7 atom stereocenters. The van der Waals surface area contributed by atoms with Crippen LogP contribution in [0, 0.1) is 11.8 Å². The summed E-state index contributed by atoms with van der Waals surface area (Å²) in [6.45, 7) is 6.06. The van der Waals surface area contributed by atoms with E-state index in [9.17, 15) is 29.1 Å². The van der Waals surface area contributed by atoms with Gasteiger partial charge in [0.2, 0.25) is 11.8 Å². The van der Waals surface area contributed by atoms with Crippen molar-refractivity contribution < 1.29 is 38.9 Å². The molecule has 244 valence electrons. The van der Waals surface area contributed by atoms with E-state index in [2.05, 4.69) is 17.9 Å². The molecule has 1 aromatic rings. The molecule has 1 saturated carbocycles. The molecule has 2 amide bonds. The average Bonchev–Trinajstić information content (AvgIpc) is 3.75. The first-order valence-corrected chi connectivity index (χ1v) is 16.3. The molecule has 0 aromatic heterocycles. The predicted octanol–water partition coefficient (Wildman–Crippen LogP) is 3.01. The van der Waals surface area contributed by atoms with Gasteiger partial charge in [-0.15, -0.1) is 0 Å². The fourth-order valence-corrected chi connectivity index (χ4v) is 6.70. The second-order valence-electron chi connectivity index (χ2n) is 11.9. The second kappa shape index (κ2) is 16.8. The van der Waals surface area contributed by atoms with Gasteiger partial charge in [-0.2, -0.15) is 12.6 Å². The van der Waals surface area contributed by atoms with Crippen LogP contribution in [0.1, 0.15) is 71.3 Å². The topological polar surface area (TPSA) is 154 Å². The van der Waals surface area contributed by atoms with Crippen molar-refractivity contribution in [3.63, 3.8) is 0 Å². The smallest absolute Gasteiger partial charge is 0.326 e. The maximum atomic E-state index is 13.2. The fourth-order valence-electron chi connectivity index (χ4n) is 6.54. The number of carboxylic acids is 2. The first kappa shape index (κ1) is 35.4. The maximum Gasteiger partial charge on any atom is 0.326 e. The third kappa shape index (κ3) is 8.97. The van der Waals surface area contributed by atoms with E-state index >= 15 is 0 Å². The molecule has 1 aliphatic carbocycles. The highest BCUT2D eigenvalue weighted by Crippen LogP contribution is 2.41. The van der Waals surface area contributed by atoms with E-state index in [4.69, 9.17) is 9.84 Å². The van der Waals surface area contributed by atoms with Gasteiger partial charge in [0.15, 0.2) is 0 Å². The van der Waals surface area contributed by atoms with Crippen molar-refractivity contribution in [3.05, 3.63) is 35.9 Å². The Balaban J connectivity index is 0.000000317. The number of thiol groups is 1. The number of hydrogen-bond acceptors (Lipinski definition) is 8. The minimum atomic E-state index is -0.948. The maximum absolute atomic E-state index is 13.2. The van der Waals surface area contributed by atoms with Crippen LogP contribution in [0.25, 0.3) is 0 Å². The largest absolute Gasteiger partial charge is 0.480 e. The van der Waals surface area contributed by atoms with Crippen molar-refractivity contribution in [3.8, 4) is 0 Å². The number of rotatable bonds is 12. The lowest BCUT2D eigenvalue weighted by molar-refractivity contribution is -0.151. The average molecular weight is 634 g/mol. The Kier molecular flexibility index (Phi) is 13.5. The SMILES string of the molecule is CCOC(=O)[C@H](CCc1ccccc1)N[C@@H](C)C(=O)N1[C@H](C(=O)O)C[C@@H]2CCC[C@@H]21.C[C@H](CS)C(=O)N1CCC[C@H]1C(=O)O. The summed E-state index contributed by atoms with van der Waals surface area (Å²) < 4.78 is 5.21. The van der Waals surface area contributed by atoms with Crippen molar-refractivity contribution in [2.24, 2.45) is 11.8 Å². The number of esters is 1. The van der Waals surface area contributed by atoms with Crippen LogP contribution in [0.15, 0.2) is 30.3 Å². The summed E-state index contributed by atoms with van der Waals surface area (Å²) in [5.41, 5.74) is 1.10. The summed E-state index contributed by atoms with van der Waals surface area (Å²) in [5.74, 6) is -2.04. The number of ether oxygens (including phenoxy) is 1. The summed E-state index contributed by atoms with van der Waals surface area (Å²) >= 11 is 4.03. The van der Waals surface area contributed by atoms with Gasteiger partial charge in [-0.3, -0.25) is 19.7 Å². The Morgan fingerprint density at radius 3 is 2.27 bits per heavy atom. The molecular weight excluding hydrogens is 586 g/mol. The number of aliphatic carboxylic acids is 2. The first-order chi connectivity index (χ1) is 21.0. The zero-order chi connectivity index (χ0) is 32.4. The van der Waals surface area contributed by atoms with Gasteiger partial charge in [-0.25, -0.2) is 9.59 Å².